The Morgan fingerprint density at radius 1 is 1.35 bits per heavy atom. The molecule has 1 saturated heterocycles. The van der Waals surface area contributed by atoms with Crippen LogP contribution in [-0.2, 0) is 6.18 Å². The summed E-state index contributed by atoms with van der Waals surface area (Å²) in [6, 6.07) is 2.58. The molecule has 0 bridgehead atoms. The minimum atomic E-state index is -4.49. The van der Waals surface area contributed by atoms with E-state index in [-0.39, 0.29) is 41.7 Å². The number of fused-ring (bicyclic) bond motifs is 1. The normalized spacial score (nSPS) is 22.3. The molecule has 0 radical (unpaired) electrons. The van der Waals surface area contributed by atoms with E-state index in [1.807, 2.05) is 25.7 Å². The number of ether oxygens (including phenoxy) is 1. The molecule has 0 amide bonds. The van der Waals surface area contributed by atoms with Crippen LogP contribution in [0, 0.1) is 0 Å². The van der Waals surface area contributed by atoms with E-state index in [2.05, 4.69) is 4.98 Å². The minimum Gasteiger partial charge on any atom is -0.478 e. The summed E-state index contributed by atoms with van der Waals surface area (Å²) in [6.45, 7) is 6.44. The summed E-state index contributed by atoms with van der Waals surface area (Å²) in [7, 11) is 0. The van der Waals surface area contributed by atoms with Gasteiger partial charge in [-0.05, 0) is 39.7 Å². The zero-order valence-electron chi connectivity index (χ0n) is 15.1. The first kappa shape index (κ1) is 19.0. The summed E-state index contributed by atoms with van der Waals surface area (Å²) in [5.41, 5.74) is -0.390. The van der Waals surface area contributed by atoms with Gasteiger partial charge in [-0.2, -0.15) is 13.2 Å². The molecule has 1 aromatic carbocycles. The molecule has 1 aliphatic heterocycles. The molecule has 1 aliphatic rings. The Morgan fingerprint density at radius 2 is 2.08 bits per heavy atom. The van der Waals surface area contributed by atoms with E-state index in [0.717, 1.165) is 6.07 Å². The SMILES string of the molecule is CC1CC(O)CCN1COc1cc(C(F)(F)F)c2c(c1)ncn2C(C)C. The van der Waals surface area contributed by atoms with Crippen LogP contribution in [0.2, 0.25) is 0 Å². The number of aliphatic hydroxyl groups excluding tert-OH is 1. The molecule has 2 aromatic rings. The first-order chi connectivity index (χ1) is 12.2. The number of imidazole rings is 1. The number of halogens is 3. The van der Waals surface area contributed by atoms with E-state index in [1.54, 1.807) is 6.07 Å². The summed E-state index contributed by atoms with van der Waals surface area (Å²) in [6.07, 6.45) is -2.11. The van der Waals surface area contributed by atoms with Crippen LogP contribution in [0.3, 0.4) is 0 Å². The van der Waals surface area contributed by atoms with Crippen molar-refractivity contribution in [3.8, 4) is 5.75 Å². The molecule has 1 fully saturated rings. The van der Waals surface area contributed by atoms with Crippen molar-refractivity contribution in [2.45, 2.75) is 58.0 Å². The van der Waals surface area contributed by atoms with Gasteiger partial charge in [0.15, 0.2) is 0 Å². The van der Waals surface area contributed by atoms with E-state index >= 15 is 0 Å². The van der Waals surface area contributed by atoms with Gasteiger partial charge in [0.25, 0.3) is 0 Å². The van der Waals surface area contributed by atoms with Crippen LogP contribution >= 0.6 is 0 Å². The Morgan fingerprint density at radius 3 is 2.69 bits per heavy atom. The van der Waals surface area contributed by atoms with Crippen LogP contribution in [0.25, 0.3) is 11.0 Å². The monoisotopic (exact) mass is 371 g/mol. The zero-order chi connectivity index (χ0) is 19.1. The van der Waals surface area contributed by atoms with Gasteiger partial charge in [0, 0.05) is 24.7 Å². The summed E-state index contributed by atoms with van der Waals surface area (Å²) in [5.74, 6) is 0.150. The summed E-state index contributed by atoms with van der Waals surface area (Å²) >= 11 is 0. The molecule has 3 rings (SSSR count). The Labute approximate surface area is 150 Å². The van der Waals surface area contributed by atoms with Gasteiger partial charge >= 0.3 is 6.18 Å². The lowest BCUT2D eigenvalue weighted by molar-refractivity contribution is -0.136. The van der Waals surface area contributed by atoms with Crippen molar-refractivity contribution in [1.82, 2.24) is 14.5 Å². The molecule has 144 valence electrons. The van der Waals surface area contributed by atoms with Gasteiger partial charge in [0.1, 0.15) is 12.5 Å². The van der Waals surface area contributed by atoms with E-state index in [9.17, 15) is 18.3 Å². The number of benzene rings is 1. The van der Waals surface area contributed by atoms with Gasteiger partial charge in [-0.15, -0.1) is 0 Å². The molecule has 2 unspecified atom stereocenters. The number of nitrogens with zero attached hydrogens (tertiary/aromatic N) is 3. The lowest BCUT2D eigenvalue weighted by Crippen LogP contribution is -2.44. The zero-order valence-corrected chi connectivity index (χ0v) is 15.1. The second-order valence-electron chi connectivity index (χ2n) is 7.19. The highest BCUT2D eigenvalue weighted by Gasteiger charge is 2.35. The van der Waals surface area contributed by atoms with E-state index in [0.29, 0.717) is 19.4 Å². The third kappa shape index (κ3) is 3.81. The van der Waals surface area contributed by atoms with Gasteiger partial charge in [0.2, 0.25) is 0 Å². The third-order valence-corrected chi connectivity index (χ3v) is 4.89. The van der Waals surface area contributed by atoms with Crippen molar-refractivity contribution in [2.24, 2.45) is 0 Å². The van der Waals surface area contributed by atoms with Crippen LogP contribution in [0.1, 0.15) is 45.2 Å². The Balaban J connectivity index is 1.88. The number of aromatic nitrogens is 2. The van der Waals surface area contributed by atoms with E-state index in [4.69, 9.17) is 4.74 Å². The predicted octanol–water partition coefficient (Wildman–Crippen LogP) is 3.82. The molecule has 8 heteroatoms. The van der Waals surface area contributed by atoms with Crippen molar-refractivity contribution in [1.29, 1.82) is 0 Å². The van der Waals surface area contributed by atoms with Gasteiger partial charge in [-0.25, -0.2) is 4.98 Å². The number of piperidine rings is 1. The maximum atomic E-state index is 13.6. The van der Waals surface area contributed by atoms with Crippen molar-refractivity contribution in [2.75, 3.05) is 13.3 Å². The fourth-order valence-electron chi connectivity index (χ4n) is 3.38. The average molecular weight is 371 g/mol. The molecular formula is C18H24F3N3O2. The minimum absolute atomic E-state index is 0.0781. The first-order valence-corrected chi connectivity index (χ1v) is 8.79. The second kappa shape index (κ2) is 7.08. The number of aliphatic hydroxyl groups is 1. The highest BCUT2D eigenvalue weighted by molar-refractivity contribution is 5.81. The van der Waals surface area contributed by atoms with Crippen molar-refractivity contribution >= 4 is 11.0 Å². The fourth-order valence-corrected chi connectivity index (χ4v) is 3.38. The quantitative estimate of drug-likeness (QED) is 0.888. The molecule has 2 atom stereocenters. The molecule has 0 aliphatic carbocycles. The molecule has 5 nitrogen and oxygen atoms in total. The number of rotatable bonds is 4. The van der Waals surface area contributed by atoms with E-state index in [1.165, 1.54) is 10.9 Å². The lowest BCUT2D eigenvalue weighted by Gasteiger charge is -2.35. The number of hydrogen-bond acceptors (Lipinski definition) is 4. The topological polar surface area (TPSA) is 50.5 Å². The van der Waals surface area contributed by atoms with Crippen molar-refractivity contribution < 1.29 is 23.0 Å². The van der Waals surface area contributed by atoms with Gasteiger partial charge < -0.3 is 14.4 Å². The van der Waals surface area contributed by atoms with E-state index < -0.39 is 11.7 Å². The second-order valence-corrected chi connectivity index (χ2v) is 7.19. The van der Waals surface area contributed by atoms with Crippen LogP contribution in [-0.4, -0.2) is 45.0 Å². The van der Waals surface area contributed by atoms with Crippen LogP contribution < -0.4 is 4.74 Å². The molecule has 0 saturated carbocycles. The first-order valence-electron chi connectivity index (χ1n) is 8.79. The van der Waals surface area contributed by atoms with Gasteiger partial charge in [-0.3, -0.25) is 4.90 Å². The van der Waals surface area contributed by atoms with Crippen LogP contribution in [0.5, 0.6) is 5.75 Å². The van der Waals surface area contributed by atoms with Crippen LogP contribution in [0.15, 0.2) is 18.5 Å². The number of alkyl halides is 3. The fraction of sp³-hybridized carbons (Fsp3) is 0.611. The number of likely N-dealkylation sites (tertiary alicyclic amines) is 1. The molecule has 2 heterocycles. The highest BCUT2D eigenvalue weighted by Crippen LogP contribution is 2.38. The highest BCUT2D eigenvalue weighted by atomic mass is 19.4. The lowest BCUT2D eigenvalue weighted by atomic mass is 10.0. The largest absolute Gasteiger partial charge is 0.478 e. The van der Waals surface area contributed by atoms with Gasteiger partial charge in [-0.1, -0.05) is 0 Å². The number of hydrogen-bond donors (Lipinski definition) is 1. The third-order valence-electron chi connectivity index (χ3n) is 4.89. The average Bonchev–Trinajstić information content (AvgIpc) is 2.96. The molecule has 0 spiro atoms. The van der Waals surface area contributed by atoms with Crippen molar-refractivity contribution in [3.63, 3.8) is 0 Å². The Kier molecular flexibility index (Phi) is 5.16. The maximum Gasteiger partial charge on any atom is 0.418 e. The molecule has 1 aromatic heterocycles. The summed E-state index contributed by atoms with van der Waals surface area (Å²) < 4.78 is 47.9. The van der Waals surface area contributed by atoms with Crippen LogP contribution in [0.4, 0.5) is 13.2 Å². The predicted molar refractivity (Wildman–Crippen MR) is 92.0 cm³/mol. The van der Waals surface area contributed by atoms with Crippen molar-refractivity contribution in [3.05, 3.63) is 24.0 Å². The maximum absolute atomic E-state index is 13.6. The Hall–Kier alpha value is -1.80. The summed E-state index contributed by atoms with van der Waals surface area (Å²) in [5, 5.41) is 9.67. The molecule has 1 N–H and O–H groups in total. The standard InChI is InChI=1S/C18H24F3N3O2/c1-11(2)24-9-22-16-8-14(7-15(17(16)24)18(19,20)21)26-10-23-5-4-13(25)6-12(23)3/h7-9,11-13,25H,4-6,10H2,1-3H3. The van der Waals surface area contributed by atoms with Gasteiger partial charge in [0.05, 0.1) is 29.0 Å². The smallest absolute Gasteiger partial charge is 0.418 e. The molecule has 26 heavy (non-hydrogen) atoms. The Bertz CT molecular complexity index is 773. The molecular weight excluding hydrogens is 347 g/mol. The summed E-state index contributed by atoms with van der Waals surface area (Å²) in [4.78, 5) is 6.14.